The molecule has 0 spiro atoms. The van der Waals surface area contributed by atoms with Crippen molar-refractivity contribution in [3.8, 4) is 11.5 Å². The zero-order valence-electron chi connectivity index (χ0n) is 15.7. The molecule has 13 heteroatoms. The predicted molar refractivity (Wildman–Crippen MR) is 100 cm³/mol. The molecular formula is C18H13BrF6N2O4. The van der Waals surface area contributed by atoms with E-state index < -0.39 is 41.1 Å². The summed E-state index contributed by atoms with van der Waals surface area (Å²) in [4.78, 5) is 24.6. The van der Waals surface area contributed by atoms with Crippen LogP contribution in [-0.2, 0) is 12.4 Å². The van der Waals surface area contributed by atoms with E-state index in [2.05, 4.69) is 15.9 Å². The van der Waals surface area contributed by atoms with Gasteiger partial charge in [-0.3, -0.25) is 10.1 Å². The highest BCUT2D eigenvalue weighted by molar-refractivity contribution is 9.10. The Balaban J connectivity index is 2.33. The van der Waals surface area contributed by atoms with E-state index in [9.17, 15) is 35.9 Å². The fourth-order valence-corrected chi connectivity index (χ4v) is 2.97. The lowest BCUT2D eigenvalue weighted by atomic mass is 10.1. The summed E-state index contributed by atoms with van der Waals surface area (Å²) in [6.07, 6.45) is -10.2. The van der Waals surface area contributed by atoms with Crippen molar-refractivity contribution < 1.29 is 45.4 Å². The molecule has 0 saturated heterocycles. The van der Waals surface area contributed by atoms with Gasteiger partial charge in [-0.05, 0) is 46.3 Å². The molecule has 2 N–H and O–H groups in total. The summed E-state index contributed by atoms with van der Waals surface area (Å²) in [5.41, 5.74) is -4.30. The van der Waals surface area contributed by atoms with E-state index in [-0.39, 0.29) is 23.1 Å². The van der Waals surface area contributed by atoms with Crippen molar-refractivity contribution in [2.24, 2.45) is 0 Å². The first kappa shape index (κ1) is 24.3. The van der Waals surface area contributed by atoms with Crippen LogP contribution in [0.15, 0.2) is 34.8 Å². The van der Waals surface area contributed by atoms with Crippen LogP contribution in [0.2, 0.25) is 0 Å². The van der Waals surface area contributed by atoms with Gasteiger partial charge >= 0.3 is 18.4 Å². The quantitative estimate of drug-likeness (QED) is 0.530. The Bertz CT molecular complexity index is 976. The number of urea groups is 1. The maximum absolute atomic E-state index is 12.9. The molecule has 0 unspecified atom stereocenters. The molecular weight excluding hydrogens is 502 g/mol. The first-order chi connectivity index (χ1) is 14.3. The van der Waals surface area contributed by atoms with Gasteiger partial charge < -0.3 is 14.8 Å². The third kappa shape index (κ3) is 5.81. The van der Waals surface area contributed by atoms with E-state index >= 15 is 0 Å². The van der Waals surface area contributed by atoms with Gasteiger partial charge in [-0.2, -0.15) is 26.3 Å². The van der Waals surface area contributed by atoms with Crippen LogP contribution in [0.25, 0.3) is 0 Å². The summed E-state index contributed by atoms with van der Waals surface area (Å²) >= 11 is 3.14. The van der Waals surface area contributed by atoms with Gasteiger partial charge in [0.1, 0.15) is 17.1 Å². The zero-order chi connectivity index (χ0) is 23.6. The largest absolute Gasteiger partial charge is 0.496 e. The Morgan fingerprint density at radius 1 is 0.903 bits per heavy atom. The molecule has 2 aromatic carbocycles. The number of carbonyl (C=O) groups excluding carboxylic acids is 2. The summed E-state index contributed by atoms with van der Waals surface area (Å²) in [7, 11) is 2.47. The second kappa shape index (κ2) is 9.04. The summed E-state index contributed by atoms with van der Waals surface area (Å²) < 4.78 is 88.0. The SMILES string of the molecule is COc1ccc(Br)c(OC)c1C(=O)NC(=O)Nc1cc(C(F)(F)F)cc(C(F)(F)F)c1. The van der Waals surface area contributed by atoms with Crippen molar-refractivity contribution in [3.63, 3.8) is 0 Å². The standard InChI is InChI=1S/C18H13BrF6N2O4/c1-30-12-4-3-11(19)14(31-2)13(12)15(28)27-16(29)26-10-6-8(17(20,21)22)5-9(7-10)18(23,24)25/h3-7H,1-2H3,(H2,26,27,28,29). The third-order valence-corrected chi connectivity index (χ3v) is 4.42. The number of carbonyl (C=O) groups is 2. The average Bonchev–Trinajstić information content (AvgIpc) is 2.65. The van der Waals surface area contributed by atoms with Gasteiger partial charge in [-0.25, -0.2) is 4.79 Å². The number of methoxy groups -OCH3 is 2. The molecule has 0 fully saturated rings. The topological polar surface area (TPSA) is 76.7 Å². The number of amides is 3. The van der Waals surface area contributed by atoms with E-state index in [4.69, 9.17) is 9.47 Å². The van der Waals surface area contributed by atoms with E-state index in [1.807, 2.05) is 0 Å². The molecule has 3 amide bonds. The maximum atomic E-state index is 12.9. The lowest BCUT2D eigenvalue weighted by molar-refractivity contribution is -0.143. The number of halogens is 7. The molecule has 0 aliphatic carbocycles. The highest BCUT2D eigenvalue weighted by Gasteiger charge is 2.37. The van der Waals surface area contributed by atoms with Gasteiger partial charge in [0.25, 0.3) is 5.91 Å². The minimum atomic E-state index is -5.10. The number of ether oxygens (including phenoxy) is 2. The molecule has 0 heterocycles. The lowest BCUT2D eigenvalue weighted by Gasteiger charge is -2.16. The van der Waals surface area contributed by atoms with Gasteiger partial charge in [0.15, 0.2) is 0 Å². The second-order valence-corrected chi connectivity index (χ2v) is 6.72. The van der Waals surface area contributed by atoms with Crippen molar-refractivity contribution in [1.82, 2.24) is 5.32 Å². The zero-order valence-corrected chi connectivity index (χ0v) is 17.3. The molecule has 2 aromatic rings. The van der Waals surface area contributed by atoms with Gasteiger partial charge in [0, 0.05) is 5.69 Å². The molecule has 0 radical (unpaired) electrons. The maximum Gasteiger partial charge on any atom is 0.416 e. The Kier molecular flexibility index (Phi) is 7.09. The van der Waals surface area contributed by atoms with Crippen molar-refractivity contribution in [2.75, 3.05) is 19.5 Å². The molecule has 0 bridgehead atoms. The highest BCUT2D eigenvalue weighted by atomic mass is 79.9. The minimum absolute atomic E-state index is 0.00350. The van der Waals surface area contributed by atoms with Crippen molar-refractivity contribution in [2.45, 2.75) is 12.4 Å². The lowest BCUT2D eigenvalue weighted by Crippen LogP contribution is -2.35. The molecule has 0 aliphatic heterocycles. The van der Waals surface area contributed by atoms with Crippen LogP contribution in [0.5, 0.6) is 11.5 Å². The number of anilines is 1. The predicted octanol–water partition coefficient (Wildman–Crippen LogP) is 5.47. The van der Waals surface area contributed by atoms with Gasteiger partial charge in [-0.15, -0.1) is 0 Å². The average molecular weight is 515 g/mol. The number of hydrogen-bond donors (Lipinski definition) is 2. The number of rotatable bonds is 4. The van der Waals surface area contributed by atoms with Crippen LogP contribution in [-0.4, -0.2) is 26.2 Å². The van der Waals surface area contributed by atoms with Crippen LogP contribution in [0.1, 0.15) is 21.5 Å². The van der Waals surface area contributed by atoms with Crippen LogP contribution in [0, 0.1) is 0 Å². The van der Waals surface area contributed by atoms with E-state index in [1.54, 1.807) is 10.6 Å². The fraction of sp³-hybridized carbons (Fsp3) is 0.222. The van der Waals surface area contributed by atoms with E-state index in [1.165, 1.54) is 26.4 Å². The minimum Gasteiger partial charge on any atom is -0.496 e. The first-order valence-electron chi connectivity index (χ1n) is 8.10. The Morgan fingerprint density at radius 3 is 1.90 bits per heavy atom. The first-order valence-corrected chi connectivity index (χ1v) is 8.89. The van der Waals surface area contributed by atoms with Gasteiger partial charge in [0.05, 0.1) is 29.8 Å². The number of hydrogen-bond acceptors (Lipinski definition) is 4. The number of benzene rings is 2. The second-order valence-electron chi connectivity index (χ2n) is 5.86. The summed E-state index contributed by atoms with van der Waals surface area (Å²) in [5.74, 6) is -1.08. The molecule has 0 aromatic heterocycles. The van der Waals surface area contributed by atoms with E-state index in [0.717, 1.165) is 0 Å². The fourth-order valence-electron chi connectivity index (χ4n) is 2.48. The summed E-state index contributed by atoms with van der Waals surface area (Å²) in [6.45, 7) is 0. The Morgan fingerprint density at radius 2 is 1.45 bits per heavy atom. The molecule has 2 rings (SSSR count). The smallest absolute Gasteiger partial charge is 0.416 e. The summed E-state index contributed by atoms with van der Waals surface area (Å²) in [5, 5.41) is 3.60. The third-order valence-electron chi connectivity index (χ3n) is 3.80. The molecule has 0 atom stereocenters. The Labute approximate surface area is 179 Å². The molecule has 31 heavy (non-hydrogen) atoms. The molecule has 0 aliphatic rings. The van der Waals surface area contributed by atoms with E-state index in [0.29, 0.717) is 16.6 Å². The number of nitrogens with one attached hydrogen (secondary N) is 2. The molecule has 168 valence electrons. The van der Waals surface area contributed by atoms with Crippen LogP contribution < -0.4 is 20.1 Å². The van der Waals surface area contributed by atoms with Crippen molar-refractivity contribution in [1.29, 1.82) is 0 Å². The van der Waals surface area contributed by atoms with Crippen LogP contribution in [0.4, 0.5) is 36.8 Å². The monoisotopic (exact) mass is 514 g/mol. The molecule has 0 saturated carbocycles. The van der Waals surface area contributed by atoms with Crippen LogP contribution in [0.3, 0.4) is 0 Å². The molecule has 6 nitrogen and oxygen atoms in total. The Hall–Kier alpha value is -2.96. The summed E-state index contributed by atoms with van der Waals surface area (Å²) in [6, 6.07) is 2.02. The van der Waals surface area contributed by atoms with Crippen molar-refractivity contribution in [3.05, 3.63) is 51.5 Å². The van der Waals surface area contributed by atoms with Gasteiger partial charge in [0.2, 0.25) is 0 Å². The van der Waals surface area contributed by atoms with Crippen molar-refractivity contribution >= 4 is 33.6 Å². The van der Waals surface area contributed by atoms with Gasteiger partial charge in [-0.1, -0.05) is 0 Å². The number of imide groups is 1. The number of alkyl halides is 6. The van der Waals surface area contributed by atoms with Crippen LogP contribution >= 0.6 is 15.9 Å². The normalized spacial score (nSPS) is 11.6. The highest BCUT2D eigenvalue weighted by Crippen LogP contribution is 2.38.